The van der Waals surface area contributed by atoms with Gasteiger partial charge in [-0.25, -0.2) is 4.68 Å². The Morgan fingerprint density at radius 3 is 2.48 bits per heavy atom. The maximum absolute atomic E-state index is 12.4. The molecule has 0 fully saturated rings. The summed E-state index contributed by atoms with van der Waals surface area (Å²) < 4.78 is 1.49. The maximum Gasteiger partial charge on any atom is 0.271 e. The van der Waals surface area contributed by atoms with Gasteiger partial charge in [0.1, 0.15) is 0 Å². The number of nitrogens with two attached hydrogens (primary N) is 1. The molecule has 0 aliphatic heterocycles. The fourth-order valence-electron chi connectivity index (χ4n) is 2.36. The molecule has 1 aromatic heterocycles. The second-order valence-electron chi connectivity index (χ2n) is 6.10. The predicted octanol–water partition coefficient (Wildman–Crippen LogP) is 2.74. The minimum atomic E-state index is -0.691. The molecule has 0 bridgehead atoms. The third kappa shape index (κ3) is 3.05. The van der Waals surface area contributed by atoms with Crippen molar-refractivity contribution in [2.24, 2.45) is 5.73 Å². The van der Waals surface area contributed by atoms with Crippen molar-refractivity contribution < 1.29 is 0 Å². The Morgan fingerprint density at radius 2 is 1.90 bits per heavy atom. The Balaban J connectivity index is 2.76. The third-order valence-corrected chi connectivity index (χ3v) is 3.64. The molecule has 1 aromatic carbocycles. The number of nitrogens with zero attached hydrogens (tertiary/aromatic N) is 2. The number of rotatable bonds is 3. The van der Waals surface area contributed by atoms with E-state index in [1.807, 2.05) is 40.7 Å². The van der Waals surface area contributed by atoms with E-state index in [0.717, 1.165) is 16.8 Å². The lowest BCUT2D eigenvalue weighted by Crippen LogP contribution is -2.39. The van der Waals surface area contributed by atoms with Gasteiger partial charge in [-0.05, 0) is 52.3 Å². The van der Waals surface area contributed by atoms with E-state index < -0.39 is 5.54 Å². The molecule has 2 aromatic rings. The Bertz CT molecular complexity index is 724. The van der Waals surface area contributed by atoms with Gasteiger partial charge in [-0.15, -0.1) is 0 Å². The third-order valence-electron chi connectivity index (χ3n) is 3.64. The van der Waals surface area contributed by atoms with Crippen LogP contribution in [0.2, 0.25) is 0 Å². The van der Waals surface area contributed by atoms with Crippen LogP contribution in [0.5, 0.6) is 0 Å². The zero-order chi connectivity index (χ0) is 15.8. The summed E-state index contributed by atoms with van der Waals surface area (Å²) in [5.41, 5.74) is 10.1. The second kappa shape index (κ2) is 5.45. The summed E-state index contributed by atoms with van der Waals surface area (Å²) in [6.07, 6.45) is 0. The van der Waals surface area contributed by atoms with Crippen LogP contribution in [0.1, 0.15) is 37.5 Å². The number of aromatic nitrogens is 2. The van der Waals surface area contributed by atoms with Crippen molar-refractivity contribution >= 4 is 0 Å². The van der Waals surface area contributed by atoms with Crippen LogP contribution in [-0.2, 0) is 12.1 Å². The summed E-state index contributed by atoms with van der Waals surface area (Å²) in [5.74, 6) is 0. The highest BCUT2D eigenvalue weighted by atomic mass is 16.1. The first kappa shape index (κ1) is 15.4. The van der Waals surface area contributed by atoms with Crippen molar-refractivity contribution in [3.05, 3.63) is 51.3 Å². The molecule has 0 saturated heterocycles. The van der Waals surface area contributed by atoms with Crippen molar-refractivity contribution in [1.29, 1.82) is 0 Å². The van der Waals surface area contributed by atoms with E-state index in [9.17, 15) is 4.79 Å². The first-order valence-corrected chi connectivity index (χ1v) is 7.23. The summed E-state index contributed by atoms with van der Waals surface area (Å²) in [6, 6.07) is 8.06. The molecule has 21 heavy (non-hydrogen) atoms. The van der Waals surface area contributed by atoms with Crippen LogP contribution in [0.15, 0.2) is 29.1 Å². The van der Waals surface area contributed by atoms with E-state index in [4.69, 9.17) is 5.73 Å². The fraction of sp³-hybridized carbons (Fsp3) is 0.412. The molecule has 0 atom stereocenters. The van der Waals surface area contributed by atoms with E-state index in [1.165, 1.54) is 10.2 Å². The summed E-state index contributed by atoms with van der Waals surface area (Å²) >= 11 is 0. The topological polar surface area (TPSA) is 60.9 Å². The van der Waals surface area contributed by atoms with Crippen molar-refractivity contribution in [2.75, 3.05) is 0 Å². The first-order chi connectivity index (χ1) is 9.74. The summed E-state index contributed by atoms with van der Waals surface area (Å²) in [4.78, 5) is 12.4. The molecule has 1 heterocycles. The van der Waals surface area contributed by atoms with Gasteiger partial charge in [0.2, 0.25) is 0 Å². The quantitative estimate of drug-likeness (QED) is 0.943. The molecule has 0 amide bonds. The van der Waals surface area contributed by atoms with Gasteiger partial charge in [0, 0.05) is 23.2 Å². The monoisotopic (exact) mass is 285 g/mol. The number of hydrogen-bond acceptors (Lipinski definition) is 3. The molecule has 0 saturated carbocycles. The van der Waals surface area contributed by atoms with E-state index >= 15 is 0 Å². The smallest absolute Gasteiger partial charge is 0.271 e. The van der Waals surface area contributed by atoms with Crippen LogP contribution >= 0.6 is 0 Å². The lowest BCUT2D eigenvalue weighted by atomic mass is 9.94. The van der Waals surface area contributed by atoms with Gasteiger partial charge in [-0.2, -0.15) is 5.10 Å². The van der Waals surface area contributed by atoms with Gasteiger partial charge in [0.15, 0.2) is 0 Å². The van der Waals surface area contributed by atoms with Crippen molar-refractivity contribution in [3.63, 3.8) is 0 Å². The highest BCUT2D eigenvalue weighted by Crippen LogP contribution is 2.24. The van der Waals surface area contributed by atoms with E-state index in [2.05, 4.69) is 23.3 Å². The maximum atomic E-state index is 12.4. The number of benzene rings is 1. The number of hydrogen-bond donors (Lipinski definition) is 1. The van der Waals surface area contributed by atoms with Crippen LogP contribution in [0.3, 0.4) is 0 Å². The predicted molar refractivity (Wildman–Crippen MR) is 86.3 cm³/mol. The highest BCUT2D eigenvalue weighted by molar-refractivity contribution is 5.64. The van der Waals surface area contributed by atoms with Crippen LogP contribution < -0.4 is 11.3 Å². The van der Waals surface area contributed by atoms with Crippen LogP contribution in [0.4, 0.5) is 0 Å². The van der Waals surface area contributed by atoms with Gasteiger partial charge >= 0.3 is 0 Å². The summed E-state index contributed by atoms with van der Waals surface area (Å²) in [7, 11) is 0. The van der Waals surface area contributed by atoms with Crippen molar-refractivity contribution in [3.8, 4) is 11.3 Å². The second-order valence-corrected chi connectivity index (χ2v) is 6.10. The lowest BCUT2D eigenvalue weighted by Gasteiger charge is -2.20. The Morgan fingerprint density at radius 1 is 1.24 bits per heavy atom. The van der Waals surface area contributed by atoms with Gasteiger partial charge in [-0.1, -0.05) is 17.7 Å². The SMILES string of the molecule is CCn1nc(-c2cc(C)ccc2C)cc(C(C)(C)N)c1=O. The van der Waals surface area contributed by atoms with Crippen molar-refractivity contribution in [1.82, 2.24) is 9.78 Å². The minimum Gasteiger partial charge on any atom is -0.322 e. The average Bonchev–Trinajstić information content (AvgIpc) is 2.40. The molecular weight excluding hydrogens is 262 g/mol. The fourth-order valence-corrected chi connectivity index (χ4v) is 2.36. The molecule has 4 nitrogen and oxygen atoms in total. The van der Waals surface area contributed by atoms with Gasteiger partial charge in [-0.3, -0.25) is 4.79 Å². The molecule has 0 spiro atoms. The Hall–Kier alpha value is -1.94. The standard InChI is InChI=1S/C17H23N3O/c1-6-20-16(21)14(17(4,5)18)10-15(19-20)13-9-11(2)7-8-12(13)3/h7-10H,6,18H2,1-5H3. The van der Waals surface area contributed by atoms with E-state index in [1.54, 1.807) is 0 Å². The molecule has 2 N–H and O–H groups in total. The van der Waals surface area contributed by atoms with Gasteiger partial charge in [0.05, 0.1) is 5.69 Å². The minimum absolute atomic E-state index is 0.112. The van der Waals surface area contributed by atoms with Crippen LogP contribution in [0, 0.1) is 13.8 Å². The molecule has 0 aliphatic carbocycles. The highest BCUT2D eigenvalue weighted by Gasteiger charge is 2.21. The largest absolute Gasteiger partial charge is 0.322 e. The molecule has 0 unspecified atom stereocenters. The van der Waals surface area contributed by atoms with Crippen LogP contribution in [-0.4, -0.2) is 9.78 Å². The van der Waals surface area contributed by atoms with E-state index in [-0.39, 0.29) is 5.56 Å². The van der Waals surface area contributed by atoms with Gasteiger partial charge < -0.3 is 5.73 Å². The first-order valence-electron chi connectivity index (χ1n) is 7.23. The van der Waals surface area contributed by atoms with Crippen LogP contribution in [0.25, 0.3) is 11.3 Å². The molecule has 112 valence electrons. The summed E-state index contributed by atoms with van der Waals surface area (Å²) in [6.45, 7) is 10.2. The van der Waals surface area contributed by atoms with E-state index in [0.29, 0.717) is 12.1 Å². The number of aryl methyl sites for hydroxylation is 3. The van der Waals surface area contributed by atoms with Crippen molar-refractivity contribution in [2.45, 2.75) is 46.7 Å². The lowest BCUT2D eigenvalue weighted by molar-refractivity contribution is 0.519. The Labute approximate surface area is 125 Å². The average molecular weight is 285 g/mol. The normalized spacial score (nSPS) is 11.7. The summed E-state index contributed by atoms with van der Waals surface area (Å²) in [5, 5.41) is 4.49. The zero-order valence-corrected chi connectivity index (χ0v) is 13.4. The molecule has 0 radical (unpaired) electrons. The zero-order valence-electron chi connectivity index (χ0n) is 13.4. The molecule has 2 rings (SSSR count). The van der Waals surface area contributed by atoms with Gasteiger partial charge in [0.25, 0.3) is 5.56 Å². The molecule has 4 heteroatoms. The Kier molecular flexibility index (Phi) is 4.01. The molecular formula is C17H23N3O. The molecule has 0 aliphatic rings.